The molecule has 1 aromatic rings. The van der Waals surface area contributed by atoms with Crippen molar-refractivity contribution in [2.45, 2.75) is 13.0 Å². The lowest BCUT2D eigenvalue weighted by molar-refractivity contribution is 0.230. The van der Waals surface area contributed by atoms with Crippen LogP contribution in [0.1, 0.15) is 6.92 Å². The number of benzene rings is 1. The Balaban J connectivity index is 2.96. The van der Waals surface area contributed by atoms with Gasteiger partial charge in [0.2, 0.25) is 0 Å². The van der Waals surface area contributed by atoms with Crippen molar-refractivity contribution in [3.63, 3.8) is 0 Å². The summed E-state index contributed by atoms with van der Waals surface area (Å²) in [4.78, 5) is 0. The van der Waals surface area contributed by atoms with Crippen LogP contribution in [-0.2, 0) is 0 Å². The maximum absolute atomic E-state index is 5.96. The van der Waals surface area contributed by atoms with Gasteiger partial charge >= 0.3 is 0 Å². The molecule has 1 rings (SSSR count). The molecule has 1 atom stereocenters. The first kappa shape index (κ1) is 12.1. The summed E-state index contributed by atoms with van der Waals surface area (Å²) < 4.78 is 6.29. The van der Waals surface area contributed by atoms with Crippen LogP contribution in [0.4, 0.5) is 0 Å². The summed E-state index contributed by atoms with van der Waals surface area (Å²) in [6.07, 6.45) is -0.105. The van der Waals surface area contributed by atoms with Crippen molar-refractivity contribution >= 4 is 39.1 Å². The van der Waals surface area contributed by atoms with Crippen LogP contribution in [-0.4, -0.2) is 12.6 Å². The third kappa shape index (κ3) is 3.02. The zero-order chi connectivity index (χ0) is 10.7. The normalized spacial score (nSPS) is 12.6. The highest BCUT2D eigenvalue weighted by Gasteiger charge is 2.11. The predicted molar refractivity (Wildman–Crippen MR) is 63.3 cm³/mol. The smallest absolute Gasteiger partial charge is 0.157 e. The monoisotopic (exact) mass is 297 g/mol. The van der Waals surface area contributed by atoms with Gasteiger partial charge in [-0.15, -0.1) is 0 Å². The van der Waals surface area contributed by atoms with E-state index in [0.29, 0.717) is 22.3 Å². The van der Waals surface area contributed by atoms with Crippen molar-refractivity contribution in [3.05, 3.63) is 26.7 Å². The van der Waals surface area contributed by atoms with Crippen LogP contribution in [0, 0.1) is 0 Å². The lowest BCUT2D eigenvalue weighted by Gasteiger charge is -2.15. The highest BCUT2D eigenvalue weighted by atomic mass is 79.9. The van der Waals surface area contributed by atoms with Gasteiger partial charge < -0.3 is 10.5 Å². The van der Waals surface area contributed by atoms with E-state index < -0.39 is 0 Å². The summed E-state index contributed by atoms with van der Waals surface area (Å²) in [5.74, 6) is 0.481. The summed E-state index contributed by atoms with van der Waals surface area (Å²) in [6.45, 7) is 2.28. The van der Waals surface area contributed by atoms with Gasteiger partial charge in [0.05, 0.1) is 10.0 Å². The summed E-state index contributed by atoms with van der Waals surface area (Å²) >= 11 is 15.2. The first-order valence-corrected chi connectivity index (χ1v) is 5.60. The van der Waals surface area contributed by atoms with E-state index in [1.165, 1.54) is 0 Å². The molecule has 5 heteroatoms. The zero-order valence-corrected chi connectivity index (χ0v) is 10.7. The van der Waals surface area contributed by atoms with Gasteiger partial charge in [0.15, 0.2) is 5.75 Å². The highest BCUT2D eigenvalue weighted by Crippen LogP contribution is 2.36. The molecular weight excluding hydrogens is 289 g/mol. The largest absolute Gasteiger partial charge is 0.486 e. The zero-order valence-electron chi connectivity index (χ0n) is 7.56. The van der Waals surface area contributed by atoms with Gasteiger partial charge in [-0.2, -0.15) is 0 Å². The lowest BCUT2D eigenvalue weighted by Crippen LogP contribution is -2.23. The minimum Gasteiger partial charge on any atom is -0.486 e. The molecule has 0 bridgehead atoms. The fraction of sp³-hybridized carbons (Fsp3) is 0.333. The molecule has 2 N–H and O–H groups in total. The summed E-state index contributed by atoms with van der Waals surface area (Å²) in [5.41, 5.74) is 5.43. The Kier molecular flexibility index (Phi) is 4.51. The average Bonchev–Trinajstić information content (AvgIpc) is 2.10. The summed E-state index contributed by atoms with van der Waals surface area (Å²) in [5, 5.41) is 0.953. The van der Waals surface area contributed by atoms with E-state index >= 15 is 0 Å². The van der Waals surface area contributed by atoms with Crippen molar-refractivity contribution in [3.8, 4) is 5.75 Å². The molecule has 0 amide bonds. The average molecular weight is 299 g/mol. The molecule has 0 radical (unpaired) electrons. The van der Waals surface area contributed by atoms with E-state index in [0.717, 1.165) is 4.47 Å². The SMILES string of the molecule is CC(CN)Oc1c(Cl)cc(Br)cc1Cl. The summed E-state index contributed by atoms with van der Waals surface area (Å²) in [7, 11) is 0. The maximum atomic E-state index is 5.96. The minimum absolute atomic E-state index is 0.105. The molecule has 1 unspecified atom stereocenters. The molecule has 0 aliphatic heterocycles. The molecule has 78 valence electrons. The predicted octanol–water partition coefficient (Wildman–Crippen LogP) is 3.48. The Morgan fingerprint density at radius 1 is 1.43 bits per heavy atom. The maximum Gasteiger partial charge on any atom is 0.157 e. The van der Waals surface area contributed by atoms with Gasteiger partial charge in [0, 0.05) is 11.0 Å². The van der Waals surface area contributed by atoms with E-state index in [-0.39, 0.29) is 6.10 Å². The number of hydrogen-bond donors (Lipinski definition) is 1. The topological polar surface area (TPSA) is 35.2 Å². The molecule has 0 saturated carbocycles. The van der Waals surface area contributed by atoms with Crippen LogP contribution >= 0.6 is 39.1 Å². The Bertz CT molecular complexity index is 310. The number of rotatable bonds is 3. The van der Waals surface area contributed by atoms with E-state index in [2.05, 4.69) is 15.9 Å². The highest BCUT2D eigenvalue weighted by molar-refractivity contribution is 9.10. The van der Waals surface area contributed by atoms with Gasteiger partial charge in [-0.3, -0.25) is 0 Å². The molecule has 2 nitrogen and oxygen atoms in total. The van der Waals surface area contributed by atoms with Crippen LogP contribution in [0.25, 0.3) is 0 Å². The van der Waals surface area contributed by atoms with Crippen LogP contribution in [0.2, 0.25) is 10.0 Å². The molecule has 0 aliphatic rings. The molecule has 14 heavy (non-hydrogen) atoms. The van der Waals surface area contributed by atoms with E-state index in [4.69, 9.17) is 33.7 Å². The summed E-state index contributed by atoms with van der Waals surface area (Å²) in [6, 6.07) is 3.46. The van der Waals surface area contributed by atoms with E-state index in [1.807, 2.05) is 6.92 Å². The fourth-order valence-corrected chi connectivity index (χ4v) is 2.19. The third-order valence-corrected chi connectivity index (χ3v) is 2.63. The third-order valence-electron chi connectivity index (χ3n) is 1.61. The number of halogens is 3. The Labute approximate surface area is 101 Å². The second-order valence-electron chi connectivity index (χ2n) is 2.86. The number of ether oxygens (including phenoxy) is 1. The number of nitrogens with two attached hydrogens (primary N) is 1. The van der Waals surface area contributed by atoms with Gasteiger partial charge in [-0.1, -0.05) is 39.1 Å². The fourth-order valence-electron chi connectivity index (χ4n) is 0.891. The molecule has 0 heterocycles. The molecule has 1 aromatic carbocycles. The molecule has 0 spiro atoms. The molecule has 0 fully saturated rings. The van der Waals surface area contributed by atoms with Crippen molar-refractivity contribution in [2.75, 3.05) is 6.54 Å². The minimum atomic E-state index is -0.105. The van der Waals surface area contributed by atoms with Crippen molar-refractivity contribution in [1.82, 2.24) is 0 Å². The van der Waals surface area contributed by atoms with E-state index in [1.54, 1.807) is 12.1 Å². The first-order chi connectivity index (χ1) is 6.54. The quantitative estimate of drug-likeness (QED) is 0.927. The Hall–Kier alpha value is 0.0400. The van der Waals surface area contributed by atoms with Crippen molar-refractivity contribution < 1.29 is 4.74 Å². The molecular formula is C9H10BrCl2NO. The number of hydrogen-bond acceptors (Lipinski definition) is 2. The second-order valence-corrected chi connectivity index (χ2v) is 4.59. The van der Waals surface area contributed by atoms with Crippen LogP contribution in [0.5, 0.6) is 5.75 Å². The second kappa shape index (κ2) is 5.21. The molecule has 0 saturated heterocycles. The molecule has 0 aliphatic carbocycles. The van der Waals surface area contributed by atoms with Gasteiger partial charge in [0.25, 0.3) is 0 Å². The van der Waals surface area contributed by atoms with Gasteiger partial charge in [-0.25, -0.2) is 0 Å². The van der Waals surface area contributed by atoms with Crippen LogP contribution in [0.3, 0.4) is 0 Å². The standard InChI is InChI=1S/C9H10BrCl2NO/c1-5(4-13)14-9-7(11)2-6(10)3-8(9)12/h2-3,5H,4,13H2,1H3. The molecule has 0 aromatic heterocycles. The Morgan fingerprint density at radius 3 is 2.36 bits per heavy atom. The van der Waals surface area contributed by atoms with Gasteiger partial charge in [-0.05, 0) is 19.1 Å². The van der Waals surface area contributed by atoms with Gasteiger partial charge in [0.1, 0.15) is 6.10 Å². The van der Waals surface area contributed by atoms with Crippen molar-refractivity contribution in [1.29, 1.82) is 0 Å². The van der Waals surface area contributed by atoms with E-state index in [9.17, 15) is 0 Å². The lowest BCUT2D eigenvalue weighted by atomic mass is 10.3. The van der Waals surface area contributed by atoms with Crippen LogP contribution in [0.15, 0.2) is 16.6 Å². The van der Waals surface area contributed by atoms with Crippen molar-refractivity contribution in [2.24, 2.45) is 5.73 Å². The first-order valence-electron chi connectivity index (χ1n) is 4.06. The Morgan fingerprint density at radius 2 is 1.93 bits per heavy atom. The van der Waals surface area contributed by atoms with Crippen LogP contribution < -0.4 is 10.5 Å².